The van der Waals surface area contributed by atoms with Gasteiger partial charge in [0.15, 0.2) is 0 Å². The van der Waals surface area contributed by atoms with Crippen molar-refractivity contribution in [2.24, 2.45) is 0 Å². The topological polar surface area (TPSA) is 29.5 Å². The molecule has 1 unspecified atom stereocenters. The third-order valence-electron chi connectivity index (χ3n) is 1.89. The second kappa shape index (κ2) is 3.77. The minimum Gasteiger partial charge on any atom is -0.444 e. The van der Waals surface area contributed by atoms with Gasteiger partial charge in [0.1, 0.15) is 11.0 Å². The molecular formula is C9H14ClF2NO2. The lowest BCUT2D eigenvalue weighted by molar-refractivity contribution is -0.000400. The van der Waals surface area contributed by atoms with E-state index < -0.39 is 29.5 Å². The number of alkyl halides is 3. The van der Waals surface area contributed by atoms with E-state index in [-0.39, 0.29) is 6.54 Å². The molecule has 1 rings (SSSR count). The first-order valence-electron chi connectivity index (χ1n) is 4.62. The number of carbonyl (C=O) groups excluding carboxylic acids is 1. The summed E-state index contributed by atoms with van der Waals surface area (Å²) in [4.78, 5) is 12.3. The zero-order valence-electron chi connectivity index (χ0n) is 8.89. The van der Waals surface area contributed by atoms with Gasteiger partial charge in [0.25, 0.3) is 5.92 Å². The van der Waals surface area contributed by atoms with Gasteiger partial charge in [-0.15, -0.1) is 11.6 Å². The average Bonchev–Trinajstić information content (AvgIpc) is 2.23. The van der Waals surface area contributed by atoms with E-state index in [0.717, 1.165) is 4.90 Å². The SMILES string of the molecule is CC(C)(C)OC(=O)N1CC(Cl)C(F)(F)C1. The quantitative estimate of drug-likeness (QED) is 0.610. The first kappa shape index (κ1) is 12.5. The summed E-state index contributed by atoms with van der Waals surface area (Å²) in [5, 5.41) is -1.33. The van der Waals surface area contributed by atoms with E-state index >= 15 is 0 Å². The van der Waals surface area contributed by atoms with Gasteiger partial charge in [-0.05, 0) is 20.8 Å². The molecule has 88 valence electrons. The molecule has 0 bridgehead atoms. The van der Waals surface area contributed by atoms with Crippen LogP contribution in [0.1, 0.15) is 20.8 Å². The fourth-order valence-corrected chi connectivity index (χ4v) is 1.45. The zero-order chi connectivity index (χ0) is 11.9. The number of likely N-dealkylation sites (tertiary alicyclic amines) is 1. The van der Waals surface area contributed by atoms with Crippen LogP contribution < -0.4 is 0 Å². The Labute approximate surface area is 92.3 Å². The van der Waals surface area contributed by atoms with Crippen LogP contribution in [0.15, 0.2) is 0 Å². The molecule has 0 aliphatic carbocycles. The Hall–Kier alpha value is -0.580. The average molecular weight is 242 g/mol. The minimum atomic E-state index is -3.03. The summed E-state index contributed by atoms with van der Waals surface area (Å²) in [6.07, 6.45) is -0.745. The van der Waals surface area contributed by atoms with Crippen molar-refractivity contribution < 1.29 is 18.3 Å². The number of amides is 1. The van der Waals surface area contributed by atoms with Crippen LogP contribution in [0.25, 0.3) is 0 Å². The molecule has 0 N–H and O–H groups in total. The van der Waals surface area contributed by atoms with Gasteiger partial charge >= 0.3 is 6.09 Å². The van der Waals surface area contributed by atoms with Crippen LogP contribution in [0.5, 0.6) is 0 Å². The number of nitrogens with zero attached hydrogens (tertiary/aromatic N) is 1. The highest BCUT2D eigenvalue weighted by molar-refractivity contribution is 6.21. The first-order chi connectivity index (χ1) is 6.62. The monoisotopic (exact) mass is 241 g/mol. The maximum Gasteiger partial charge on any atom is 0.410 e. The molecule has 3 nitrogen and oxygen atoms in total. The fraction of sp³-hybridized carbons (Fsp3) is 0.889. The molecule has 15 heavy (non-hydrogen) atoms. The highest BCUT2D eigenvalue weighted by Gasteiger charge is 2.49. The molecule has 1 saturated heterocycles. The predicted octanol–water partition coefficient (Wildman–Crippen LogP) is 2.48. The largest absolute Gasteiger partial charge is 0.444 e. The maximum atomic E-state index is 13.0. The summed E-state index contributed by atoms with van der Waals surface area (Å²) in [5.74, 6) is -3.03. The lowest BCUT2D eigenvalue weighted by atomic mass is 10.2. The van der Waals surface area contributed by atoms with Gasteiger partial charge in [-0.1, -0.05) is 0 Å². The van der Waals surface area contributed by atoms with Crippen molar-refractivity contribution in [3.63, 3.8) is 0 Å². The summed E-state index contributed by atoms with van der Waals surface area (Å²) in [6, 6.07) is 0. The standard InChI is InChI=1S/C9H14ClF2NO2/c1-8(2,3)15-7(14)13-4-6(10)9(11,12)5-13/h6H,4-5H2,1-3H3. The molecule has 0 aromatic heterocycles. The second-order valence-electron chi connectivity index (χ2n) is 4.59. The van der Waals surface area contributed by atoms with E-state index in [0.29, 0.717) is 0 Å². The Balaban J connectivity index is 2.58. The first-order valence-corrected chi connectivity index (χ1v) is 5.05. The highest BCUT2D eigenvalue weighted by atomic mass is 35.5. The summed E-state index contributed by atoms with van der Waals surface area (Å²) >= 11 is 5.41. The number of ether oxygens (including phenoxy) is 1. The van der Waals surface area contributed by atoms with Crippen LogP contribution in [-0.4, -0.2) is 41.0 Å². The highest BCUT2D eigenvalue weighted by Crippen LogP contribution is 2.32. The number of rotatable bonds is 0. The van der Waals surface area contributed by atoms with Crippen LogP contribution in [-0.2, 0) is 4.74 Å². The van der Waals surface area contributed by atoms with Crippen molar-refractivity contribution in [2.45, 2.75) is 37.7 Å². The Morgan fingerprint density at radius 1 is 1.53 bits per heavy atom. The van der Waals surface area contributed by atoms with E-state index in [1.807, 2.05) is 0 Å². The third-order valence-corrected chi connectivity index (χ3v) is 2.35. The van der Waals surface area contributed by atoms with Crippen molar-refractivity contribution in [1.29, 1.82) is 0 Å². The van der Waals surface area contributed by atoms with Crippen molar-refractivity contribution in [1.82, 2.24) is 4.90 Å². The van der Waals surface area contributed by atoms with Gasteiger partial charge in [0.05, 0.1) is 6.54 Å². The van der Waals surface area contributed by atoms with E-state index in [1.165, 1.54) is 0 Å². The fourth-order valence-electron chi connectivity index (χ4n) is 1.21. The van der Waals surface area contributed by atoms with Gasteiger partial charge in [-0.2, -0.15) is 0 Å². The molecule has 6 heteroatoms. The van der Waals surface area contributed by atoms with Gasteiger partial charge < -0.3 is 9.64 Å². The summed E-state index contributed by atoms with van der Waals surface area (Å²) in [5.41, 5.74) is -0.684. The van der Waals surface area contributed by atoms with Crippen LogP contribution in [0.2, 0.25) is 0 Å². The van der Waals surface area contributed by atoms with Crippen molar-refractivity contribution in [3.05, 3.63) is 0 Å². The summed E-state index contributed by atoms with van der Waals surface area (Å²) in [7, 11) is 0. The van der Waals surface area contributed by atoms with E-state index in [4.69, 9.17) is 16.3 Å². The number of halogens is 3. The molecule has 1 aliphatic heterocycles. The normalized spacial score (nSPS) is 25.5. The van der Waals surface area contributed by atoms with Crippen molar-refractivity contribution in [3.8, 4) is 0 Å². The molecule has 1 amide bonds. The lowest BCUT2D eigenvalue weighted by Gasteiger charge is -2.24. The van der Waals surface area contributed by atoms with Crippen LogP contribution >= 0.6 is 11.6 Å². The summed E-state index contributed by atoms with van der Waals surface area (Å²) < 4.78 is 31.0. The molecular weight excluding hydrogens is 228 g/mol. The molecule has 1 heterocycles. The number of hydrogen-bond acceptors (Lipinski definition) is 2. The predicted molar refractivity (Wildman–Crippen MR) is 52.4 cm³/mol. The molecule has 1 fully saturated rings. The lowest BCUT2D eigenvalue weighted by Crippen LogP contribution is -2.36. The van der Waals surface area contributed by atoms with Gasteiger partial charge in [0.2, 0.25) is 0 Å². The van der Waals surface area contributed by atoms with Crippen molar-refractivity contribution >= 4 is 17.7 Å². The van der Waals surface area contributed by atoms with E-state index in [9.17, 15) is 13.6 Å². The Kier molecular flexibility index (Phi) is 3.14. The molecule has 0 aromatic rings. The molecule has 0 radical (unpaired) electrons. The minimum absolute atomic E-state index is 0.177. The Morgan fingerprint density at radius 3 is 2.40 bits per heavy atom. The maximum absolute atomic E-state index is 13.0. The van der Waals surface area contributed by atoms with Crippen LogP contribution in [0.4, 0.5) is 13.6 Å². The van der Waals surface area contributed by atoms with Crippen LogP contribution in [0, 0.1) is 0 Å². The molecule has 0 aromatic carbocycles. The Morgan fingerprint density at radius 2 is 2.07 bits per heavy atom. The molecule has 1 atom stereocenters. The van der Waals surface area contributed by atoms with Crippen molar-refractivity contribution in [2.75, 3.05) is 13.1 Å². The van der Waals surface area contributed by atoms with Gasteiger partial charge in [-0.3, -0.25) is 0 Å². The number of hydrogen-bond donors (Lipinski definition) is 0. The summed E-state index contributed by atoms with van der Waals surface area (Å²) in [6.45, 7) is 4.19. The zero-order valence-corrected chi connectivity index (χ0v) is 9.65. The van der Waals surface area contributed by atoms with Gasteiger partial charge in [-0.25, -0.2) is 13.6 Å². The second-order valence-corrected chi connectivity index (χ2v) is 5.12. The molecule has 0 spiro atoms. The third kappa shape index (κ3) is 3.19. The van der Waals surface area contributed by atoms with E-state index in [2.05, 4.69) is 0 Å². The molecule has 0 saturated carbocycles. The van der Waals surface area contributed by atoms with Gasteiger partial charge in [0, 0.05) is 6.54 Å². The Bertz CT molecular complexity index is 265. The number of carbonyl (C=O) groups is 1. The van der Waals surface area contributed by atoms with Crippen LogP contribution in [0.3, 0.4) is 0 Å². The molecule has 1 aliphatic rings. The van der Waals surface area contributed by atoms with E-state index in [1.54, 1.807) is 20.8 Å². The smallest absolute Gasteiger partial charge is 0.410 e.